The number of fused-ring (bicyclic) bond motifs is 5. The van der Waals surface area contributed by atoms with Crippen molar-refractivity contribution < 1.29 is 44.0 Å². The highest BCUT2D eigenvalue weighted by Crippen LogP contribution is 2.66. The first-order chi connectivity index (χ1) is 20.3. The number of phenolic OH excluding ortho intramolecular Hbond substituents is 2. The molecule has 10 nitrogen and oxygen atoms in total. The highest BCUT2D eigenvalue weighted by Gasteiger charge is 2.68. The normalized spacial score (nSPS) is 33.1. The monoisotopic (exact) mass is 595 g/mol. The molecule has 4 aliphatic carbocycles. The molecule has 43 heavy (non-hydrogen) atoms. The van der Waals surface area contributed by atoms with Gasteiger partial charge in [0.15, 0.2) is 23.9 Å². The maximum Gasteiger partial charge on any atom is 0.306 e. The van der Waals surface area contributed by atoms with Crippen molar-refractivity contribution in [2.24, 2.45) is 28.6 Å². The Balaban J connectivity index is 1.13. The number of esters is 1. The molecule has 1 amide bonds. The number of rotatable bonds is 9. The zero-order chi connectivity index (χ0) is 31.2. The summed E-state index contributed by atoms with van der Waals surface area (Å²) in [7, 11) is 0. The van der Waals surface area contributed by atoms with Crippen molar-refractivity contribution in [2.45, 2.75) is 83.7 Å². The number of benzene rings is 1. The van der Waals surface area contributed by atoms with Crippen LogP contribution in [0.5, 0.6) is 11.5 Å². The summed E-state index contributed by atoms with van der Waals surface area (Å²) in [5.74, 6) is -2.31. The van der Waals surface area contributed by atoms with Crippen molar-refractivity contribution in [3.63, 3.8) is 0 Å². The molecule has 4 aliphatic rings. The van der Waals surface area contributed by atoms with Gasteiger partial charge in [0, 0.05) is 37.1 Å². The third-order valence-corrected chi connectivity index (χ3v) is 11.0. The van der Waals surface area contributed by atoms with Gasteiger partial charge in [0.25, 0.3) is 0 Å². The van der Waals surface area contributed by atoms with Crippen LogP contribution in [0.1, 0.15) is 77.2 Å². The minimum Gasteiger partial charge on any atom is -0.504 e. The summed E-state index contributed by atoms with van der Waals surface area (Å²) in [6.07, 6.45) is 5.18. The fourth-order valence-corrected chi connectivity index (χ4v) is 8.56. The molecule has 0 bridgehead atoms. The number of hydrogen-bond acceptors (Lipinski definition) is 9. The molecule has 3 fully saturated rings. The van der Waals surface area contributed by atoms with Crippen LogP contribution in [0.15, 0.2) is 29.8 Å². The summed E-state index contributed by atoms with van der Waals surface area (Å²) in [6.45, 7) is 3.55. The van der Waals surface area contributed by atoms with Crippen molar-refractivity contribution >= 4 is 29.2 Å². The Hall–Kier alpha value is -3.53. The molecule has 1 aromatic rings. The summed E-state index contributed by atoms with van der Waals surface area (Å²) in [5, 5.41) is 33.4. The van der Waals surface area contributed by atoms with E-state index >= 15 is 0 Å². The zero-order valence-electron chi connectivity index (χ0n) is 24.8. The highest BCUT2D eigenvalue weighted by molar-refractivity contribution is 5.95. The van der Waals surface area contributed by atoms with Gasteiger partial charge in [-0.25, -0.2) is 0 Å². The van der Waals surface area contributed by atoms with E-state index in [0.29, 0.717) is 31.2 Å². The average molecular weight is 596 g/mol. The molecular weight excluding hydrogens is 554 g/mol. The molecule has 10 heteroatoms. The lowest BCUT2D eigenvalue weighted by Crippen LogP contribution is -2.61. The van der Waals surface area contributed by atoms with Crippen LogP contribution in [-0.4, -0.2) is 63.3 Å². The number of amides is 1. The number of carbonyl (C=O) groups excluding carboxylic acids is 5. The van der Waals surface area contributed by atoms with Gasteiger partial charge < -0.3 is 25.4 Å². The number of ketones is 3. The molecular formula is C33H41NO9. The fraction of sp³-hybridized carbons (Fsp3) is 0.606. The number of aromatic hydroxyl groups is 2. The van der Waals surface area contributed by atoms with Crippen molar-refractivity contribution in [3.8, 4) is 11.5 Å². The number of ether oxygens (including phenoxy) is 1. The van der Waals surface area contributed by atoms with E-state index in [4.69, 9.17) is 4.74 Å². The van der Waals surface area contributed by atoms with Crippen molar-refractivity contribution in [2.75, 3.05) is 13.2 Å². The Morgan fingerprint density at radius 3 is 2.53 bits per heavy atom. The molecule has 5 rings (SSSR count). The third-order valence-electron chi connectivity index (χ3n) is 11.0. The first-order valence-corrected chi connectivity index (χ1v) is 15.2. The van der Waals surface area contributed by atoms with Crippen LogP contribution in [0.4, 0.5) is 0 Å². The first kappa shape index (κ1) is 30.9. The van der Waals surface area contributed by atoms with Crippen LogP contribution in [0, 0.1) is 28.6 Å². The second kappa shape index (κ2) is 11.5. The van der Waals surface area contributed by atoms with Crippen LogP contribution < -0.4 is 5.32 Å². The van der Waals surface area contributed by atoms with Crippen LogP contribution in [0.3, 0.4) is 0 Å². The summed E-state index contributed by atoms with van der Waals surface area (Å²) in [5.41, 5.74) is -1.35. The van der Waals surface area contributed by atoms with Crippen LogP contribution in [0.2, 0.25) is 0 Å². The van der Waals surface area contributed by atoms with Gasteiger partial charge in [0.2, 0.25) is 11.7 Å². The lowest BCUT2D eigenvalue weighted by molar-refractivity contribution is -0.173. The molecule has 0 spiro atoms. The van der Waals surface area contributed by atoms with Gasteiger partial charge in [-0.15, -0.1) is 0 Å². The number of hydrogen-bond donors (Lipinski definition) is 4. The third kappa shape index (κ3) is 5.50. The van der Waals surface area contributed by atoms with Gasteiger partial charge in [0.05, 0.1) is 6.42 Å². The molecule has 4 N–H and O–H groups in total. The topological polar surface area (TPSA) is 167 Å². The van der Waals surface area contributed by atoms with Crippen molar-refractivity contribution in [1.29, 1.82) is 0 Å². The van der Waals surface area contributed by atoms with E-state index < -0.39 is 29.4 Å². The van der Waals surface area contributed by atoms with Crippen LogP contribution in [0.25, 0.3) is 0 Å². The Morgan fingerprint density at radius 2 is 1.79 bits per heavy atom. The molecule has 0 radical (unpaired) electrons. The van der Waals surface area contributed by atoms with E-state index in [1.165, 1.54) is 12.1 Å². The number of allylic oxidation sites excluding steroid dienone is 1. The Kier molecular flexibility index (Phi) is 8.28. The molecule has 3 saturated carbocycles. The number of aliphatic hydroxyl groups is 1. The molecule has 6 atom stereocenters. The lowest BCUT2D eigenvalue weighted by Gasteiger charge is -2.57. The molecule has 0 unspecified atom stereocenters. The van der Waals surface area contributed by atoms with Crippen molar-refractivity contribution in [3.05, 3.63) is 35.4 Å². The molecule has 232 valence electrons. The van der Waals surface area contributed by atoms with Gasteiger partial charge in [-0.3, -0.25) is 24.0 Å². The summed E-state index contributed by atoms with van der Waals surface area (Å²) < 4.78 is 5.18. The van der Waals surface area contributed by atoms with E-state index in [9.17, 15) is 39.3 Å². The van der Waals surface area contributed by atoms with E-state index in [0.717, 1.165) is 18.4 Å². The Labute approximate surface area is 250 Å². The quantitative estimate of drug-likeness (QED) is 0.248. The molecule has 0 heterocycles. The van der Waals surface area contributed by atoms with Crippen molar-refractivity contribution in [1.82, 2.24) is 5.32 Å². The molecule has 0 saturated heterocycles. The minimum absolute atomic E-state index is 0.0178. The molecule has 0 aromatic heterocycles. The Bertz CT molecular complexity index is 1380. The van der Waals surface area contributed by atoms with Crippen LogP contribution in [-0.2, 0) is 35.1 Å². The minimum atomic E-state index is -1.79. The summed E-state index contributed by atoms with van der Waals surface area (Å²) >= 11 is 0. The smallest absolute Gasteiger partial charge is 0.306 e. The largest absolute Gasteiger partial charge is 0.504 e. The van der Waals surface area contributed by atoms with E-state index in [1.807, 2.05) is 6.92 Å². The molecule has 1 aromatic carbocycles. The first-order valence-electron chi connectivity index (χ1n) is 15.2. The van der Waals surface area contributed by atoms with Gasteiger partial charge >= 0.3 is 5.97 Å². The SMILES string of the molecule is C[C@]12CCC(=O)C=C1CC[C@H]1[C@H]2C(=O)C[C@@]2(C)[C@H]1CC[C@]2(O)C(=O)COC(=O)CCC(=O)NCCc1ccc(O)c(O)c1. The van der Waals surface area contributed by atoms with Gasteiger partial charge in [-0.05, 0) is 79.5 Å². The number of carbonyl (C=O) groups is 5. The van der Waals surface area contributed by atoms with E-state index in [1.54, 1.807) is 12.1 Å². The Morgan fingerprint density at radius 1 is 1.02 bits per heavy atom. The van der Waals surface area contributed by atoms with Gasteiger partial charge in [-0.1, -0.05) is 25.5 Å². The fourth-order valence-electron chi connectivity index (χ4n) is 8.56. The number of Topliss-reactive ketones (excluding diaryl/α,β-unsaturated/α-hetero) is 2. The maximum absolute atomic E-state index is 13.7. The predicted molar refractivity (Wildman–Crippen MR) is 154 cm³/mol. The average Bonchev–Trinajstić information content (AvgIpc) is 3.23. The van der Waals surface area contributed by atoms with E-state index in [-0.39, 0.29) is 84.4 Å². The van der Waals surface area contributed by atoms with Crippen LogP contribution >= 0.6 is 0 Å². The highest BCUT2D eigenvalue weighted by atomic mass is 16.5. The standard InChI is InChI=1S/C33H41NO9/c1-31-12-9-21(35)16-20(31)4-5-22-23-10-13-33(42,32(23,2)17-26(38)30(22)31)27(39)18-43-29(41)8-7-28(40)34-14-11-19-3-6-24(36)25(37)15-19/h3,6,15-16,22-23,30,36-37,42H,4-5,7-14,17-18H2,1-2H3,(H,34,40)/t22-,23+,30+,31+,32+,33+/m1/s1. The maximum atomic E-state index is 13.7. The molecule has 0 aliphatic heterocycles. The van der Waals surface area contributed by atoms with Gasteiger partial charge in [0.1, 0.15) is 11.4 Å². The second-order valence-electron chi connectivity index (χ2n) is 13.3. The predicted octanol–water partition coefficient (Wildman–Crippen LogP) is 3.09. The lowest BCUT2D eigenvalue weighted by atomic mass is 9.46. The summed E-state index contributed by atoms with van der Waals surface area (Å²) in [6, 6.07) is 4.39. The number of nitrogens with one attached hydrogen (secondary N) is 1. The van der Waals surface area contributed by atoms with E-state index in [2.05, 4.69) is 12.2 Å². The van der Waals surface area contributed by atoms with Gasteiger partial charge in [-0.2, -0.15) is 0 Å². The second-order valence-corrected chi connectivity index (χ2v) is 13.3. The zero-order valence-corrected chi connectivity index (χ0v) is 24.8. The summed E-state index contributed by atoms with van der Waals surface area (Å²) in [4.78, 5) is 63.7. The number of phenols is 2.